The van der Waals surface area contributed by atoms with Crippen LogP contribution >= 0.6 is 11.6 Å². The molecule has 1 N–H and O–H groups in total. The Balaban J connectivity index is 1.90. The van der Waals surface area contributed by atoms with Gasteiger partial charge in [-0.05, 0) is 18.2 Å². The number of esters is 1. The van der Waals surface area contributed by atoms with Gasteiger partial charge in [-0.15, -0.1) is 0 Å². The smallest absolute Gasteiger partial charge is 0.340 e. The van der Waals surface area contributed by atoms with Gasteiger partial charge in [-0.1, -0.05) is 11.6 Å². The second-order valence-electron chi connectivity index (χ2n) is 4.35. The SMILES string of the molecule is O=C(COC(=O)c1cc([N+](=O)[O-])ccc1Cl)NCc1ccco1. The van der Waals surface area contributed by atoms with Crippen molar-refractivity contribution in [3.05, 3.63) is 63.1 Å². The predicted molar refractivity (Wildman–Crippen MR) is 78.9 cm³/mol. The maximum absolute atomic E-state index is 11.8. The summed E-state index contributed by atoms with van der Waals surface area (Å²) in [5.41, 5.74) is -0.483. The molecule has 120 valence electrons. The van der Waals surface area contributed by atoms with E-state index in [2.05, 4.69) is 5.32 Å². The second kappa shape index (κ2) is 7.41. The molecule has 0 bridgehead atoms. The number of nitro groups is 1. The Labute approximate surface area is 135 Å². The van der Waals surface area contributed by atoms with Gasteiger partial charge < -0.3 is 14.5 Å². The van der Waals surface area contributed by atoms with Gasteiger partial charge in [0.15, 0.2) is 6.61 Å². The molecule has 0 spiro atoms. The monoisotopic (exact) mass is 338 g/mol. The average Bonchev–Trinajstić information content (AvgIpc) is 3.04. The molecule has 0 atom stereocenters. The van der Waals surface area contributed by atoms with Crippen LogP contribution in [-0.4, -0.2) is 23.4 Å². The molecule has 0 fully saturated rings. The zero-order valence-electron chi connectivity index (χ0n) is 11.7. The number of hydrogen-bond acceptors (Lipinski definition) is 6. The Morgan fingerprint density at radius 3 is 2.78 bits per heavy atom. The normalized spacial score (nSPS) is 10.1. The van der Waals surface area contributed by atoms with E-state index < -0.39 is 23.4 Å². The number of amides is 1. The van der Waals surface area contributed by atoms with E-state index in [-0.39, 0.29) is 22.8 Å². The van der Waals surface area contributed by atoms with Crippen LogP contribution in [0.15, 0.2) is 41.0 Å². The number of ether oxygens (including phenoxy) is 1. The van der Waals surface area contributed by atoms with Gasteiger partial charge in [0.05, 0.1) is 28.3 Å². The van der Waals surface area contributed by atoms with Crippen molar-refractivity contribution in [2.45, 2.75) is 6.54 Å². The zero-order chi connectivity index (χ0) is 16.8. The summed E-state index contributed by atoms with van der Waals surface area (Å²) >= 11 is 5.80. The highest BCUT2D eigenvalue weighted by Gasteiger charge is 2.18. The number of non-ortho nitro benzene ring substituents is 1. The summed E-state index contributed by atoms with van der Waals surface area (Å²) in [7, 11) is 0. The molecule has 0 aliphatic rings. The Hall–Kier alpha value is -2.87. The molecule has 0 aliphatic heterocycles. The first kappa shape index (κ1) is 16.5. The third kappa shape index (κ3) is 4.55. The van der Waals surface area contributed by atoms with E-state index >= 15 is 0 Å². The summed E-state index contributed by atoms with van der Waals surface area (Å²) in [5.74, 6) is -0.922. The van der Waals surface area contributed by atoms with Crippen LogP contribution in [0.25, 0.3) is 0 Å². The van der Waals surface area contributed by atoms with Crippen LogP contribution in [0.4, 0.5) is 5.69 Å². The lowest BCUT2D eigenvalue weighted by Crippen LogP contribution is -2.28. The van der Waals surface area contributed by atoms with E-state index in [4.69, 9.17) is 20.8 Å². The number of nitrogens with one attached hydrogen (secondary N) is 1. The summed E-state index contributed by atoms with van der Waals surface area (Å²) in [6.45, 7) is -0.389. The van der Waals surface area contributed by atoms with Crippen LogP contribution in [0, 0.1) is 10.1 Å². The number of hydrogen-bond donors (Lipinski definition) is 1. The minimum absolute atomic E-state index is 0.00315. The van der Waals surface area contributed by atoms with E-state index in [0.29, 0.717) is 5.76 Å². The third-order valence-corrected chi connectivity index (χ3v) is 3.08. The molecule has 0 saturated heterocycles. The first-order chi connectivity index (χ1) is 11.0. The summed E-state index contributed by atoms with van der Waals surface area (Å²) in [4.78, 5) is 33.4. The van der Waals surface area contributed by atoms with E-state index in [9.17, 15) is 19.7 Å². The van der Waals surface area contributed by atoms with E-state index in [1.807, 2.05) is 0 Å². The van der Waals surface area contributed by atoms with E-state index in [1.165, 1.54) is 12.3 Å². The van der Waals surface area contributed by atoms with Crippen LogP contribution in [-0.2, 0) is 16.1 Å². The number of carbonyl (C=O) groups excluding carboxylic acids is 2. The minimum Gasteiger partial charge on any atom is -0.467 e. The predicted octanol–water partition coefficient (Wildman–Crippen LogP) is 2.31. The second-order valence-corrected chi connectivity index (χ2v) is 4.76. The van der Waals surface area contributed by atoms with Gasteiger partial charge in [-0.2, -0.15) is 0 Å². The van der Waals surface area contributed by atoms with Gasteiger partial charge >= 0.3 is 5.97 Å². The molecule has 1 amide bonds. The number of benzene rings is 1. The van der Waals surface area contributed by atoms with Gasteiger partial charge in [-0.25, -0.2) is 4.79 Å². The van der Waals surface area contributed by atoms with Crippen molar-refractivity contribution in [3.8, 4) is 0 Å². The molecule has 2 aromatic rings. The molecule has 0 aliphatic carbocycles. The molecule has 2 rings (SSSR count). The van der Waals surface area contributed by atoms with Crippen LogP contribution < -0.4 is 5.32 Å². The Morgan fingerprint density at radius 1 is 1.35 bits per heavy atom. The quantitative estimate of drug-likeness (QED) is 0.491. The fraction of sp³-hybridized carbons (Fsp3) is 0.143. The molecule has 1 aromatic heterocycles. The van der Waals surface area contributed by atoms with Crippen LogP contribution in [0.1, 0.15) is 16.1 Å². The van der Waals surface area contributed by atoms with Crippen LogP contribution in [0.3, 0.4) is 0 Å². The van der Waals surface area contributed by atoms with Crippen LogP contribution in [0.2, 0.25) is 5.02 Å². The summed E-state index contributed by atoms with van der Waals surface area (Å²) < 4.78 is 9.81. The first-order valence-corrected chi connectivity index (χ1v) is 6.75. The standard InChI is InChI=1S/C14H11ClN2O6/c15-12-4-3-9(17(20)21)6-11(12)14(19)23-8-13(18)16-7-10-2-1-5-22-10/h1-6H,7-8H2,(H,16,18). The number of nitro benzene ring substituents is 1. The van der Waals surface area contributed by atoms with E-state index in [1.54, 1.807) is 12.1 Å². The highest BCUT2D eigenvalue weighted by atomic mass is 35.5. The summed E-state index contributed by atoms with van der Waals surface area (Å²) in [6.07, 6.45) is 1.46. The molecule has 9 heteroatoms. The maximum atomic E-state index is 11.8. The Kier molecular flexibility index (Phi) is 5.32. The van der Waals surface area contributed by atoms with Gasteiger partial charge in [-0.3, -0.25) is 14.9 Å². The lowest BCUT2D eigenvalue weighted by atomic mass is 10.2. The van der Waals surface area contributed by atoms with Crippen molar-refractivity contribution in [2.75, 3.05) is 6.61 Å². The lowest BCUT2D eigenvalue weighted by Gasteiger charge is -2.06. The lowest BCUT2D eigenvalue weighted by molar-refractivity contribution is -0.384. The average molecular weight is 339 g/mol. The maximum Gasteiger partial charge on any atom is 0.340 e. The van der Waals surface area contributed by atoms with Crippen molar-refractivity contribution in [1.82, 2.24) is 5.32 Å². The van der Waals surface area contributed by atoms with Crippen molar-refractivity contribution in [1.29, 1.82) is 0 Å². The van der Waals surface area contributed by atoms with Crippen molar-refractivity contribution < 1.29 is 23.7 Å². The number of halogens is 1. The summed E-state index contributed by atoms with van der Waals surface area (Å²) in [5, 5.41) is 13.2. The highest BCUT2D eigenvalue weighted by Crippen LogP contribution is 2.22. The Bertz CT molecular complexity index is 729. The van der Waals surface area contributed by atoms with Crippen molar-refractivity contribution >= 4 is 29.2 Å². The largest absolute Gasteiger partial charge is 0.467 e. The first-order valence-electron chi connectivity index (χ1n) is 6.37. The van der Waals surface area contributed by atoms with Gasteiger partial charge in [0.25, 0.3) is 11.6 Å². The van der Waals surface area contributed by atoms with Crippen molar-refractivity contribution in [3.63, 3.8) is 0 Å². The van der Waals surface area contributed by atoms with E-state index in [0.717, 1.165) is 12.1 Å². The molecule has 1 heterocycles. The molecule has 0 saturated carbocycles. The third-order valence-electron chi connectivity index (χ3n) is 2.75. The van der Waals surface area contributed by atoms with Gasteiger partial charge in [0, 0.05) is 12.1 Å². The molecule has 0 unspecified atom stereocenters. The number of nitrogens with zero attached hydrogens (tertiary/aromatic N) is 1. The number of furan rings is 1. The molecular formula is C14H11ClN2O6. The number of carbonyl (C=O) groups is 2. The zero-order valence-corrected chi connectivity index (χ0v) is 12.4. The fourth-order valence-corrected chi connectivity index (χ4v) is 1.84. The Morgan fingerprint density at radius 2 is 2.13 bits per heavy atom. The molecule has 8 nitrogen and oxygen atoms in total. The van der Waals surface area contributed by atoms with Gasteiger partial charge in [0.1, 0.15) is 5.76 Å². The number of rotatable bonds is 6. The summed E-state index contributed by atoms with van der Waals surface area (Å²) in [6, 6.07) is 6.72. The fourth-order valence-electron chi connectivity index (χ4n) is 1.64. The minimum atomic E-state index is -0.924. The van der Waals surface area contributed by atoms with Crippen molar-refractivity contribution in [2.24, 2.45) is 0 Å². The molecule has 1 aromatic carbocycles. The van der Waals surface area contributed by atoms with Crippen LogP contribution in [0.5, 0.6) is 0 Å². The highest BCUT2D eigenvalue weighted by molar-refractivity contribution is 6.33. The molecule has 0 radical (unpaired) electrons. The topological polar surface area (TPSA) is 112 Å². The molecular weight excluding hydrogens is 328 g/mol. The van der Waals surface area contributed by atoms with Gasteiger partial charge in [0.2, 0.25) is 0 Å². The molecule has 23 heavy (non-hydrogen) atoms.